The molecule has 0 saturated carbocycles. The smallest absolute Gasteiger partial charge is 0.266 e. The van der Waals surface area contributed by atoms with Crippen molar-refractivity contribution in [3.8, 4) is 11.4 Å². The molecule has 0 radical (unpaired) electrons. The molecule has 0 aliphatic rings. The van der Waals surface area contributed by atoms with E-state index < -0.39 is 28.6 Å². The number of aromatic nitrogens is 3. The lowest BCUT2D eigenvalue weighted by molar-refractivity contribution is 0.102. The number of nitrogens with zero attached hydrogens (tertiary/aromatic N) is 2. The summed E-state index contributed by atoms with van der Waals surface area (Å²) in [5.41, 5.74) is 0.213. The van der Waals surface area contributed by atoms with Crippen LogP contribution in [0.4, 0.5) is 10.1 Å². The predicted molar refractivity (Wildman–Crippen MR) is 107 cm³/mol. The normalized spacial score (nSPS) is 11.0. The fourth-order valence-electron chi connectivity index (χ4n) is 2.96. The van der Waals surface area contributed by atoms with Gasteiger partial charge in [0.1, 0.15) is 22.8 Å². The highest BCUT2D eigenvalue weighted by atomic mass is 35.5. The summed E-state index contributed by atoms with van der Waals surface area (Å²) in [5.74, 6) is -1.74. The lowest BCUT2D eigenvalue weighted by atomic mass is 10.1. The number of benzene rings is 2. The highest BCUT2D eigenvalue weighted by Crippen LogP contribution is 2.27. The molecular weight excluding hydrogens is 399 g/mol. The van der Waals surface area contributed by atoms with Gasteiger partial charge >= 0.3 is 0 Å². The van der Waals surface area contributed by atoms with E-state index in [1.807, 2.05) is 0 Å². The summed E-state index contributed by atoms with van der Waals surface area (Å²) in [6, 6.07) is 10.7. The summed E-state index contributed by atoms with van der Waals surface area (Å²) in [4.78, 5) is 27.7. The Kier molecular flexibility index (Phi) is 4.56. The zero-order valence-corrected chi connectivity index (χ0v) is 15.8. The number of rotatable bonds is 3. The molecule has 0 saturated heterocycles. The van der Waals surface area contributed by atoms with Crippen LogP contribution in [-0.2, 0) is 0 Å². The number of carbonyl (C=O) groups is 1. The minimum Gasteiger partial charge on any atom is -0.506 e. The molecule has 1 amide bonds. The number of aryl methyl sites for hydroxylation is 1. The monoisotopic (exact) mass is 412 g/mol. The third-order valence-electron chi connectivity index (χ3n) is 4.43. The van der Waals surface area contributed by atoms with E-state index in [0.717, 1.165) is 0 Å². The number of hydrogen-bond donors (Lipinski definition) is 3. The number of aromatic amines is 1. The van der Waals surface area contributed by atoms with Crippen molar-refractivity contribution in [1.82, 2.24) is 14.8 Å². The average Bonchev–Trinajstić information content (AvgIpc) is 3.09. The first kappa shape index (κ1) is 18.7. The molecule has 0 aliphatic heterocycles. The fourth-order valence-corrected chi connectivity index (χ4v) is 3.09. The number of fused-ring (bicyclic) bond motifs is 1. The summed E-state index contributed by atoms with van der Waals surface area (Å²) in [5, 5.41) is 18.0. The van der Waals surface area contributed by atoms with Gasteiger partial charge in [0.15, 0.2) is 0 Å². The molecule has 4 aromatic rings. The summed E-state index contributed by atoms with van der Waals surface area (Å²) in [7, 11) is 0. The van der Waals surface area contributed by atoms with Crippen LogP contribution in [0, 0.1) is 12.7 Å². The Bertz CT molecular complexity index is 1310. The molecule has 29 heavy (non-hydrogen) atoms. The maximum Gasteiger partial charge on any atom is 0.266 e. The van der Waals surface area contributed by atoms with Crippen LogP contribution < -0.4 is 10.9 Å². The van der Waals surface area contributed by atoms with Gasteiger partial charge in [-0.15, -0.1) is 0 Å². The van der Waals surface area contributed by atoms with E-state index in [0.29, 0.717) is 22.0 Å². The molecule has 3 N–H and O–H groups in total. The molecule has 0 spiro atoms. The average molecular weight is 413 g/mol. The number of pyridine rings is 1. The summed E-state index contributed by atoms with van der Waals surface area (Å²) >= 11 is 5.89. The summed E-state index contributed by atoms with van der Waals surface area (Å²) < 4.78 is 14.8. The SMILES string of the molecule is Cc1cc(NC(=O)c2c(O)c3cnn(-c4ccc(Cl)cc4)c3[nH]c2=O)ccc1F. The van der Waals surface area contributed by atoms with E-state index in [2.05, 4.69) is 15.4 Å². The van der Waals surface area contributed by atoms with Crippen molar-refractivity contribution >= 4 is 34.2 Å². The number of aromatic hydroxyl groups is 1. The molecule has 4 rings (SSSR count). The first-order valence-corrected chi connectivity index (χ1v) is 8.89. The largest absolute Gasteiger partial charge is 0.506 e. The quantitative estimate of drug-likeness (QED) is 0.477. The van der Waals surface area contributed by atoms with E-state index in [9.17, 15) is 19.1 Å². The van der Waals surface area contributed by atoms with Crippen LogP contribution in [0.15, 0.2) is 53.5 Å². The first-order valence-electron chi connectivity index (χ1n) is 8.51. The number of hydrogen-bond acceptors (Lipinski definition) is 4. The van der Waals surface area contributed by atoms with Crippen LogP contribution in [0.5, 0.6) is 5.75 Å². The van der Waals surface area contributed by atoms with Gasteiger partial charge < -0.3 is 15.4 Å². The minimum atomic E-state index is -0.823. The van der Waals surface area contributed by atoms with Crippen LogP contribution >= 0.6 is 11.6 Å². The number of H-pyrrole nitrogens is 1. The van der Waals surface area contributed by atoms with Crippen molar-refractivity contribution in [2.24, 2.45) is 0 Å². The molecule has 0 bridgehead atoms. The predicted octanol–water partition coefficient (Wildman–Crippen LogP) is 3.77. The molecule has 0 aliphatic carbocycles. The second-order valence-corrected chi connectivity index (χ2v) is 6.83. The maximum absolute atomic E-state index is 13.4. The van der Waals surface area contributed by atoms with Crippen LogP contribution in [-0.4, -0.2) is 25.8 Å². The number of halogens is 2. The molecule has 2 aromatic carbocycles. The molecule has 2 heterocycles. The van der Waals surface area contributed by atoms with Gasteiger partial charge in [-0.25, -0.2) is 9.07 Å². The first-order chi connectivity index (χ1) is 13.8. The second-order valence-electron chi connectivity index (χ2n) is 6.39. The van der Waals surface area contributed by atoms with Gasteiger partial charge in [-0.05, 0) is 55.0 Å². The third-order valence-corrected chi connectivity index (χ3v) is 4.69. The molecule has 0 fully saturated rings. The van der Waals surface area contributed by atoms with E-state index in [1.54, 1.807) is 31.2 Å². The van der Waals surface area contributed by atoms with Gasteiger partial charge in [-0.3, -0.25) is 9.59 Å². The van der Waals surface area contributed by atoms with Gasteiger partial charge in [-0.2, -0.15) is 5.10 Å². The van der Waals surface area contributed by atoms with Crippen LogP contribution in [0.3, 0.4) is 0 Å². The van der Waals surface area contributed by atoms with Gasteiger partial charge in [-0.1, -0.05) is 11.6 Å². The van der Waals surface area contributed by atoms with E-state index >= 15 is 0 Å². The van der Waals surface area contributed by atoms with E-state index in [4.69, 9.17) is 11.6 Å². The van der Waals surface area contributed by atoms with Crippen molar-refractivity contribution in [2.45, 2.75) is 6.92 Å². The van der Waals surface area contributed by atoms with Crippen LogP contribution in [0.1, 0.15) is 15.9 Å². The van der Waals surface area contributed by atoms with Crippen LogP contribution in [0.2, 0.25) is 5.02 Å². The standard InChI is InChI=1S/C20H14ClFN4O3/c1-10-8-12(4-7-15(10)22)24-19(28)16-17(27)14-9-23-26(18(14)25-20(16)29)13-5-2-11(21)3-6-13/h2-9H,1H3,(H,24,28)(H2,25,27,29). The molecule has 9 heteroatoms. The fraction of sp³-hybridized carbons (Fsp3) is 0.0500. The molecule has 0 atom stereocenters. The zero-order valence-electron chi connectivity index (χ0n) is 15.0. The van der Waals surface area contributed by atoms with E-state index in [-0.39, 0.29) is 11.0 Å². The molecule has 0 unspecified atom stereocenters. The zero-order chi connectivity index (χ0) is 20.7. The lowest BCUT2D eigenvalue weighted by Crippen LogP contribution is -2.23. The topological polar surface area (TPSA) is 100 Å². The number of amides is 1. The number of carbonyl (C=O) groups excluding carboxylic acids is 1. The number of anilines is 1. The Labute approximate surface area is 168 Å². The Morgan fingerprint density at radius 1 is 1.24 bits per heavy atom. The second kappa shape index (κ2) is 7.06. The molecular formula is C20H14ClFN4O3. The van der Waals surface area contributed by atoms with Gasteiger partial charge in [0, 0.05) is 10.7 Å². The van der Waals surface area contributed by atoms with Crippen molar-refractivity contribution in [3.63, 3.8) is 0 Å². The third kappa shape index (κ3) is 3.34. The Morgan fingerprint density at radius 2 is 1.97 bits per heavy atom. The lowest BCUT2D eigenvalue weighted by Gasteiger charge is -2.09. The van der Waals surface area contributed by atoms with Crippen molar-refractivity contribution < 1.29 is 14.3 Å². The van der Waals surface area contributed by atoms with E-state index in [1.165, 1.54) is 29.1 Å². The summed E-state index contributed by atoms with van der Waals surface area (Å²) in [6.07, 6.45) is 1.34. The Morgan fingerprint density at radius 3 is 2.66 bits per heavy atom. The highest BCUT2D eigenvalue weighted by Gasteiger charge is 2.22. The van der Waals surface area contributed by atoms with Gasteiger partial charge in [0.2, 0.25) is 0 Å². The highest BCUT2D eigenvalue weighted by molar-refractivity contribution is 6.30. The molecule has 7 nitrogen and oxygen atoms in total. The molecule has 146 valence electrons. The van der Waals surface area contributed by atoms with Gasteiger partial charge in [0.25, 0.3) is 11.5 Å². The maximum atomic E-state index is 13.4. The van der Waals surface area contributed by atoms with Crippen molar-refractivity contribution in [2.75, 3.05) is 5.32 Å². The van der Waals surface area contributed by atoms with Crippen molar-refractivity contribution in [1.29, 1.82) is 0 Å². The van der Waals surface area contributed by atoms with Gasteiger partial charge in [0.05, 0.1) is 17.3 Å². The summed E-state index contributed by atoms with van der Waals surface area (Å²) in [6.45, 7) is 1.55. The molecule has 2 aromatic heterocycles. The number of nitrogens with one attached hydrogen (secondary N) is 2. The Hall–Kier alpha value is -3.65. The minimum absolute atomic E-state index is 0.194. The van der Waals surface area contributed by atoms with Crippen molar-refractivity contribution in [3.05, 3.63) is 81.0 Å². The van der Waals surface area contributed by atoms with Crippen LogP contribution in [0.25, 0.3) is 16.7 Å². The Balaban J connectivity index is 1.76.